The first kappa shape index (κ1) is 17.1. The van der Waals surface area contributed by atoms with Gasteiger partial charge in [0, 0.05) is 32.6 Å². The monoisotopic (exact) mass is 271 g/mol. The third kappa shape index (κ3) is 9.18. The topological polar surface area (TPSA) is 39.7 Å². The van der Waals surface area contributed by atoms with Gasteiger partial charge in [-0.2, -0.15) is 0 Å². The maximum absolute atomic E-state index is 5.22. The molecular weight excluding hydrogens is 246 g/mol. The number of para-hydroxylation sites is 1. The lowest BCUT2D eigenvalue weighted by Gasteiger charge is -2.12. The van der Waals surface area contributed by atoms with Gasteiger partial charge in [0.15, 0.2) is 0 Å². The molecule has 0 aromatic heterocycles. The van der Waals surface area contributed by atoms with Crippen LogP contribution in [0.1, 0.15) is 20.8 Å². The molecule has 104 valence electrons. The van der Waals surface area contributed by atoms with Crippen molar-refractivity contribution in [2.75, 3.05) is 32.2 Å². The summed E-state index contributed by atoms with van der Waals surface area (Å²) in [6.07, 6.45) is 0. The van der Waals surface area contributed by atoms with Crippen molar-refractivity contribution >= 4 is 15.2 Å². The van der Waals surface area contributed by atoms with Gasteiger partial charge in [-0.15, -0.1) is 0 Å². The molecule has 0 saturated carbocycles. The molecule has 1 N–H and O–H groups in total. The Bertz CT molecular complexity index is 258. The molecule has 0 aliphatic rings. The molecule has 0 fully saturated rings. The molecule has 4 nitrogen and oxygen atoms in total. The van der Waals surface area contributed by atoms with E-state index in [0.29, 0.717) is 19.8 Å². The van der Waals surface area contributed by atoms with E-state index < -0.39 is 9.53 Å². The quantitative estimate of drug-likeness (QED) is 0.774. The summed E-state index contributed by atoms with van der Waals surface area (Å²) in [5.41, 5.74) is 1.16. The Balaban J connectivity index is 0.000000327. The molecular formula is C13H25NO3Si. The van der Waals surface area contributed by atoms with Gasteiger partial charge in [0.1, 0.15) is 0 Å². The predicted octanol–water partition coefficient (Wildman–Crippen LogP) is 2.54. The van der Waals surface area contributed by atoms with Crippen LogP contribution in [0.15, 0.2) is 30.3 Å². The van der Waals surface area contributed by atoms with Crippen LogP contribution in [-0.4, -0.2) is 36.4 Å². The van der Waals surface area contributed by atoms with Crippen LogP contribution in [0.2, 0.25) is 0 Å². The van der Waals surface area contributed by atoms with Crippen LogP contribution in [0.4, 0.5) is 5.69 Å². The van der Waals surface area contributed by atoms with Crippen LogP contribution in [-0.2, 0) is 13.3 Å². The van der Waals surface area contributed by atoms with Gasteiger partial charge in [-0.3, -0.25) is 0 Å². The van der Waals surface area contributed by atoms with Crippen LogP contribution >= 0.6 is 0 Å². The van der Waals surface area contributed by atoms with Crippen molar-refractivity contribution in [2.45, 2.75) is 20.8 Å². The lowest BCUT2D eigenvalue weighted by molar-refractivity contribution is 0.107. The number of benzene rings is 1. The minimum absolute atomic E-state index is 0.677. The van der Waals surface area contributed by atoms with Crippen LogP contribution in [0, 0.1) is 0 Å². The molecule has 0 atom stereocenters. The van der Waals surface area contributed by atoms with Crippen LogP contribution in [0.5, 0.6) is 0 Å². The second kappa shape index (κ2) is 12.6. The van der Waals surface area contributed by atoms with Crippen molar-refractivity contribution < 1.29 is 13.3 Å². The zero-order valence-electron chi connectivity index (χ0n) is 11.8. The molecule has 1 rings (SSSR count). The highest BCUT2D eigenvalue weighted by Gasteiger charge is 2.11. The number of nitrogens with one attached hydrogen (secondary N) is 1. The SMILES string of the molecule is CCO[SiH](OCC)OCC.CNc1ccccc1. The molecule has 1 aromatic rings. The molecule has 0 aliphatic carbocycles. The lowest BCUT2D eigenvalue weighted by atomic mass is 10.3. The van der Waals surface area contributed by atoms with Crippen molar-refractivity contribution in [2.24, 2.45) is 0 Å². The van der Waals surface area contributed by atoms with Crippen molar-refractivity contribution in [3.63, 3.8) is 0 Å². The van der Waals surface area contributed by atoms with Gasteiger partial charge >= 0.3 is 9.53 Å². The summed E-state index contributed by atoms with van der Waals surface area (Å²) in [6.45, 7) is 7.86. The summed E-state index contributed by atoms with van der Waals surface area (Å²) in [5.74, 6) is 0. The third-order valence-electron chi connectivity index (χ3n) is 1.97. The lowest BCUT2D eigenvalue weighted by Crippen LogP contribution is -2.27. The van der Waals surface area contributed by atoms with Gasteiger partial charge in [-0.05, 0) is 32.9 Å². The molecule has 0 heterocycles. The zero-order valence-corrected chi connectivity index (χ0v) is 13.0. The average molecular weight is 271 g/mol. The van der Waals surface area contributed by atoms with Crippen molar-refractivity contribution in [3.8, 4) is 0 Å². The van der Waals surface area contributed by atoms with E-state index in [4.69, 9.17) is 13.3 Å². The van der Waals surface area contributed by atoms with Crippen molar-refractivity contribution in [3.05, 3.63) is 30.3 Å². The largest absolute Gasteiger partial charge is 0.484 e. The molecule has 0 radical (unpaired) electrons. The molecule has 0 aliphatic heterocycles. The number of hydrogen-bond donors (Lipinski definition) is 1. The Morgan fingerprint density at radius 2 is 1.33 bits per heavy atom. The number of hydrogen-bond acceptors (Lipinski definition) is 4. The van der Waals surface area contributed by atoms with Crippen LogP contribution < -0.4 is 5.32 Å². The fourth-order valence-corrected chi connectivity index (χ4v) is 2.26. The molecule has 0 amide bonds. The normalized spacial score (nSPS) is 9.83. The minimum atomic E-state index is -1.73. The Kier molecular flexibility index (Phi) is 12.0. The highest BCUT2D eigenvalue weighted by molar-refractivity contribution is 6.36. The highest BCUT2D eigenvalue weighted by atomic mass is 28.3. The molecule has 18 heavy (non-hydrogen) atoms. The number of rotatable bonds is 7. The smallest absolute Gasteiger partial charge is 0.388 e. The molecule has 0 unspecified atom stereocenters. The van der Waals surface area contributed by atoms with Gasteiger partial charge in [0.25, 0.3) is 0 Å². The van der Waals surface area contributed by atoms with Gasteiger partial charge in [-0.1, -0.05) is 18.2 Å². The van der Waals surface area contributed by atoms with Crippen molar-refractivity contribution in [1.82, 2.24) is 0 Å². The van der Waals surface area contributed by atoms with E-state index in [9.17, 15) is 0 Å². The third-order valence-corrected chi connectivity index (χ3v) is 3.79. The average Bonchev–Trinajstić information content (AvgIpc) is 2.41. The summed E-state index contributed by atoms with van der Waals surface area (Å²) in [6, 6.07) is 10.1. The van der Waals surface area contributed by atoms with E-state index in [0.717, 1.165) is 5.69 Å². The summed E-state index contributed by atoms with van der Waals surface area (Å²) in [5, 5.41) is 3.03. The Labute approximate surface area is 112 Å². The minimum Gasteiger partial charge on any atom is -0.388 e. The predicted molar refractivity (Wildman–Crippen MR) is 78.0 cm³/mol. The Morgan fingerprint density at radius 1 is 0.889 bits per heavy atom. The first-order valence-corrected chi connectivity index (χ1v) is 7.77. The van der Waals surface area contributed by atoms with Crippen LogP contribution in [0.3, 0.4) is 0 Å². The summed E-state index contributed by atoms with van der Waals surface area (Å²) < 4.78 is 15.7. The van der Waals surface area contributed by atoms with Crippen molar-refractivity contribution in [1.29, 1.82) is 0 Å². The second-order valence-corrected chi connectivity index (χ2v) is 4.85. The fourth-order valence-electron chi connectivity index (χ4n) is 1.16. The Hall–Kier alpha value is -0.883. The number of anilines is 1. The van der Waals surface area contributed by atoms with E-state index >= 15 is 0 Å². The van der Waals surface area contributed by atoms with Gasteiger partial charge in [-0.25, -0.2) is 0 Å². The maximum Gasteiger partial charge on any atom is 0.484 e. The molecule has 0 spiro atoms. The first-order chi connectivity index (χ1) is 8.78. The van der Waals surface area contributed by atoms with E-state index in [2.05, 4.69) is 5.32 Å². The van der Waals surface area contributed by atoms with E-state index in [-0.39, 0.29) is 0 Å². The zero-order chi connectivity index (χ0) is 13.6. The molecule has 5 heteroatoms. The fraction of sp³-hybridized carbons (Fsp3) is 0.538. The van der Waals surface area contributed by atoms with Gasteiger partial charge < -0.3 is 18.6 Å². The summed E-state index contributed by atoms with van der Waals surface area (Å²) >= 11 is 0. The highest BCUT2D eigenvalue weighted by Crippen LogP contribution is 2.01. The molecule has 1 aromatic carbocycles. The van der Waals surface area contributed by atoms with E-state index in [1.54, 1.807) is 0 Å². The summed E-state index contributed by atoms with van der Waals surface area (Å²) in [4.78, 5) is 0. The first-order valence-electron chi connectivity index (χ1n) is 6.36. The molecule has 0 bridgehead atoms. The Morgan fingerprint density at radius 3 is 1.61 bits per heavy atom. The second-order valence-electron chi connectivity index (χ2n) is 3.27. The van der Waals surface area contributed by atoms with E-state index in [1.807, 2.05) is 58.2 Å². The maximum atomic E-state index is 5.22. The van der Waals surface area contributed by atoms with E-state index in [1.165, 1.54) is 0 Å². The summed E-state index contributed by atoms with van der Waals surface area (Å²) in [7, 11) is 0.178. The van der Waals surface area contributed by atoms with Gasteiger partial charge in [0.05, 0.1) is 0 Å². The molecule has 0 saturated heterocycles. The van der Waals surface area contributed by atoms with Gasteiger partial charge in [0.2, 0.25) is 0 Å². The standard InChI is InChI=1S/C7H9N.C6H16O3Si/c1-8-7-5-3-2-4-6-7;1-4-7-10(8-5-2)9-6-3/h2-6,8H,1H3;10H,4-6H2,1-3H3. The van der Waals surface area contributed by atoms with Crippen LogP contribution in [0.25, 0.3) is 0 Å².